The Kier molecular flexibility index (Phi) is 5.42. The zero-order chi connectivity index (χ0) is 12.7. The zero-order valence-corrected chi connectivity index (χ0v) is 9.90. The molecule has 1 aromatic heterocycles. The molecule has 0 aliphatic heterocycles. The summed E-state index contributed by atoms with van der Waals surface area (Å²) in [6, 6.07) is 1.32. The van der Waals surface area contributed by atoms with Gasteiger partial charge in [-0.25, -0.2) is 0 Å². The second kappa shape index (κ2) is 6.85. The predicted molar refractivity (Wildman–Crippen MR) is 64.9 cm³/mol. The van der Waals surface area contributed by atoms with Gasteiger partial charge in [0.15, 0.2) is 5.43 Å². The van der Waals surface area contributed by atoms with Crippen LogP contribution >= 0.6 is 0 Å². The maximum Gasteiger partial charge on any atom is 0.256 e. The van der Waals surface area contributed by atoms with Crippen LogP contribution in [0.5, 0.6) is 0 Å². The van der Waals surface area contributed by atoms with Crippen molar-refractivity contribution in [3.63, 3.8) is 0 Å². The topological polar surface area (TPSA) is 82.2 Å². The summed E-state index contributed by atoms with van der Waals surface area (Å²) in [5.41, 5.74) is -0.178. The van der Waals surface area contributed by atoms with E-state index >= 15 is 0 Å². The van der Waals surface area contributed by atoms with Crippen LogP contribution in [-0.2, 0) is 0 Å². The molecule has 5 nitrogen and oxygen atoms in total. The lowest BCUT2D eigenvalue weighted by molar-refractivity contribution is 0.0942. The lowest BCUT2D eigenvalue weighted by atomic mass is 10.0. The highest BCUT2D eigenvalue weighted by Gasteiger charge is 2.11. The largest absolute Gasteiger partial charge is 0.396 e. The van der Waals surface area contributed by atoms with Crippen LogP contribution < -0.4 is 10.7 Å². The van der Waals surface area contributed by atoms with Crippen LogP contribution in [0, 0.1) is 5.92 Å². The minimum absolute atomic E-state index is 0.111. The summed E-state index contributed by atoms with van der Waals surface area (Å²) in [5.74, 6) is -0.130. The van der Waals surface area contributed by atoms with Gasteiger partial charge in [-0.1, -0.05) is 13.3 Å². The molecule has 1 heterocycles. The predicted octanol–water partition coefficient (Wildman–Crippen LogP) is 0.513. The Balaban J connectivity index is 2.55. The minimum atomic E-state index is -0.372. The van der Waals surface area contributed by atoms with Crippen molar-refractivity contribution in [3.8, 4) is 0 Å². The zero-order valence-electron chi connectivity index (χ0n) is 9.90. The van der Waals surface area contributed by atoms with Crippen LogP contribution in [0.4, 0.5) is 0 Å². The van der Waals surface area contributed by atoms with Crippen molar-refractivity contribution >= 4 is 5.91 Å². The Morgan fingerprint density at radius 1 is 1.59 bits per heavy atom. The van der Waals surface area contributed by atoms with E-state index in [0.717, 1.165) is 6.42 Å². The summed E-state index contributed by atoms with van der Waals surface area (Å²) in [7, 11) is 0. The number of aromatic amines is 1. The molecule has 0 fully saturated rings. The molecule has 1 unspecified atom stereocenters. The lowest BCUT2D eigenvalue weighted by Gasteiger charge is -2.13. The number of carbonyl (C=O) groups excluding carboxylic acids is 1. The number of rotatable bonds is 6. The van der Waals surface area contributed by atoms with Crippen LogP contribution in [0.2, 0.25) is 0 Å². The number of hydrogen-bond donors (Lipinski definition) is 3. The molecule has 94 valence electrons. The maximum absolute atomic E-state index is 11.7. The Morgan fingerprint density at radius 3 is 2.94 bits per heavy atom. The number of aliphatic hydroxyl groups excluding tert-OH is 1. The maximum atomic E-state index is 11.7. The highest BCUT2D eigenvalue weighted by Crippen LogP contribution is 2.05. The van der Waals surface area contributed by atoms with E-state index < -0.39 is 0 Å². The molecule has 0 bridgehead atoms. The standard InChI is InChI=1S/C12H18N2O3/c1-2-9(4-6-15)7-14-12(17)10-8-13-5-3-11(10)16/h3,5,8-9,15H,2,4,6-7H2,1H3,(H,13,16)(H,14,17). The summed E-state index contributed by atoms with van der Waals surface area (Å²) < 4.78 is 0. The van der Waals surface area contributed by atoms with Gasteiger partial charge in [-0.2, -0.15) is 0 Å². The van der Waals surface area contributed by atoms with Crippen LogP contribution in [0.15, 0.2) is 23.3 Å². The van der Waals surface area contributed by atoms with Crippen molar-refractivity contribution in [2.24, 2.45) is 5.92 Å². The molecular formula is C12H18N2O3. The molecule has 0 aromatic carbocycles. The van der Waals surface area contributed by atoms with E-state index in [4.69, 9.17) is 5.11 Å². The molecule has 1 rings (SSSR count). The molecule has 0 aliphatic rings. The first-order valence-electron chi connectivity index (χ1n) is 5.75. The first-order chi connectivity index (χ1) is 8.19. The number of H-pyrrole nitrogens is 1. The fraction of sp³-hybridized carbons (Fsp3) is 0.500. The fourth-order valence-corrected chi connectivity index (χ4v) is 1.56. The summed E-state index contributed by atoms with van der Waals surface area (Å²) >= 11 is 0. The van der Waals surface area contributed by atoms with Crippen LogP contribution in [0.3, 0.4) is 0 Å². The van der Waals surface area contributed by atoms with Crippen LogP contribution in [0.1, 0.15) is 30.1 Å². The quantitative estimate of drug-likeness (QED) is 0.675. The third-order valence-electron chi connectivity index (χ3n) is 2.73. The molecule has 5 heteroatoms. The van der Waals surface area contributed by atoms with E-state index in [1.165, 1.54) is 18.5 Å². The lowest BCUT2D eigenvalue weighted by Crippen LogP contribution is -2.32. The van der Waals surface area contributed by atoms with Gasteiger partial charge in [0.25, 0.3) is 5.91 Å². The van der Waals surface area contributed by atoms with Crippen LogP contribution in [0.25, 0.3) is 0 Å². The molecule has 0 aliphatic carbocycles. The van der Waals surface area contributed by atoms with E-state index in [2.05, 4.69) is 10.3 Å². The monoisotopic (exact) mass is 238 g/mol. The van der Waals surface area contributed by atoms with Gasteiger partial charge in [-0.3, -0.25) is 9.59 Å². The number of hydrogen-bond acceptors (Lipinski definition) is 3. The third kappa shape index (κ3) is 4.03. The highest BCUT2D eigenvalue weighted by molar-refractivity contribution is 5.93. The number of carbonyl (C=O) groups is 1. The highest BCUT2D eigenvalue weighted by atomic mass is 16.3. The molecule has 17 heavy (non-hydrogen) atoms. The molecule has 0 spiro atoms. The average Bonchev–Trinajstić information content (AvgIpc) is 2.34. The molecule has 3 N–H and O–H groups in total. The Hall–Kier alpha value is -1.62. The first kappa shape index (κ1) is 13.4. The molecule has 1 amide bonds. The van der Waals surface area contributed by atoms with Gasteiger partial charge < -0.3 is 15.4 Å². The Morgan fingerprint density at radius 2 is 2.35 bits per heavy atom. The summed E-state index contributed by atoms with van der Waals surface area (Å²) in [6.45, 7) is 2.59. The molecule has 0 radical (unpaired) electrons. The number of nitrogens with one attached hydrogen (secondary N) is 2. The number of aliphatic hydroxyl groups is 1. The molecule has 0 saturated carbocycles. The van der Waals surface area contributed by atoms with E-state index in [9.17, 15) is 9.59 Å². The number of pyridine rings is 1. The minimum Gasteiger partial charge on any atom is -0.396 e. The second-order valence-corrected chi connectivity index (χ2v) is 3.92. The summed E-state index contributed by atoms with van der Waals surface area (Å²) in [4.78, 5) is 25.8. The molecule has 0 saturated heterocycles. The molecule has 1 atom stereocenters. The summed E-state index contributed by atoms with van der Waals surface area (Å²) in [6.07, 6.45) is 4.41. The third-order valence-corrected chi connectivity index (χ3v) is 2.73. The van der Waals surface area contributed by atoms with Gasteiger partial charge in [0.1, 0.15) is 5.56 Å². The van der Waals surface area contributed by atoms with Gasteiger partial charge in [0.05, 0.1) is 0 Å². The van der Waals surface area contributed by atoms with E-state index in [-0.39, 0.29) is 29.4 Å². The van der Waals surface area contributed by atoms with Crippen molar-refractivity contribution < 1.29 is 9.90 Å². The number of amides is 1. The van der Waals surface area contributed by atoms with Crippen molar-refractivity contribution in [1.82, 2.24) is 10.3 Å². The normalized spacial score (nSPS) is 12.1. The van der Waals surface area contributed by atoms with E-state index in [1.807, 2.05) is 6.92 Å². The van der Waals surface area contributed by atoms with Gasteiger partial charge in [-0.15, -0.1) is 0 Å². The van der Waals surface area contributed by atoms with Gasteiger partial charge >= 0.3 is 0 Å². The van der Waals surface area contributed by atoms with Crippen molar-refractivity contribution in [1.29, 1.82) is 0 Å². The Labute approximate surface area is 99.9 Å². The number of aromatic nitrogens is 1. The summed E-state index contributed by atoms with van der Waals surface area (Å²) in [5, 5.41) is 11.5. The SMILES string of the molecule is CCC(CCO)CNC(=O)c1c[nH]ccc1=O. The van der Waals surface area contributed by atoms with E-state index in [1.54, 1.807) is 0 Å². The first-order valence-corrected chi connectivity index (χ1v) is 5.75. The van der Waals surface area contributed by atoms with Crippen molar-refractivity contribution in [3.05, 3.63) is 34.2 Å². The molecular weight excluding hydrogens is 220 g/mol. The van der Waals surface area contributed by atoms with Gasteiger partial charge in [0.2, 0.25) is 0 Å². The van der Waals surface area contributed by atoms with Crippen molar-refractivity contribution in [2.45, 2.75) is 19.8 Å². The fourth-order valence-electron chi connectivity index (χ4n) is 1.56. The van der Waals surface area contributed by atoms with Crippen molar-refractivity contribution in [2.75, 3.05) is 13.2 Å². The molecule has 1 aromatic rings. The van der Waals surface area contributed by atoms with Crippen LogP contribution in [-0.4, -0.2) is 29.1 Å². The van der Waals surface area contributed by atoms with Gasteiger partial charge in [0, 0.05) is 31.6 Å². The van der Waals surface area contributed by atoms with E-state index in [0.29, 0.717) is 13.0 Å². The smallest absolute Gasteiger partial charge is 0.256 e. The van der Waals surface area contributed by atoms with Gasteiger partial charge in [-0.05, 0) is 12.3 Å². The second-order valence-electron chi connectivity index (χ2n) is 3.92. The Bertz CT molecular complexity index is 414. The average molecular weight is 238 g/mol.